The number of rotatable bonds is 3. The van der Waals surface area contributed by atoms with Gasteiger partial charge in [0, 0.05) is 5.41 Å². The number of nitrogens with one attached hydrogen (secondary N) is 1. The number of halogens is 2. The lowest BCUT2D eigenvalue weighted by Crippen LogP contribution is -2.40. The van der Waals surface area contributed by atoms with Crippen molar-refractivity contribution in [1.29, 1.82) is 5.41 Å². The molecule has 0 saturated heterocycles. The molecule has 0 heterocycles. The van der Waals surface area contributed by atoms with Crippen LogP contribution in [0.25, 0.3) is 0 Å². The van der Waals surface area contributed by atoms with Crippen LogP contribution in [0.1, 0.15) is 19.4 Å². The minimum atomic E-state index is -0.714. The van der Waals surface area contributed by atoms with Crippen molar-refractivity contribution >= 4 is 17.4 Å². The molecule has 1 aromatic rings. The van der Waals surface area contributed by atoms with Crippen LogP contribution in [-0.2, 0) is 5.41 Å². The fourth-order valence-corrected chi connectivity index (χ4v) is 1.63. The highest BCUT2D eigenvalue weighted by Crippen LogP contribution is 2.32. The number of benzene rings is 1. The number of hydrogen-bond donors (Lipinski definition) is 2. The van der Waals surface area contributed by atoms with E-state index < -0.39 is 10.8 Å². The van der Waals surface area contributed by atoms with E-state index >= 15 is 0 Å². The van der Waals surface area contributed by atoms with Crippen molar-refractivity contribution in [2.24, 2.45) is 5.73 Å². The largest absolute Gasteiger partial charge is 0.386 e. The molecule has 1 atom stereocenters. The van der Waals surface area contributed by atoms with Crippen molar-refractivity contribution in [3.8, 4) is 0 Å². The molecule has 2 nitrogen and oxygen atoms in total. The number of hydrogen-bond acceptors (Lipinski definition) is 1. The van der Waals surface area contributed by atoms with Crippen molar-refractivity contribution in [3.05, 3.63) is 35.6 Å². The average molecular weight is 229 g/mol. The Balaban J connectivity index is 3.16. The summed E-state index contributed by atoms with van der Waals surface area (Å²) >= 11 is 6.00. The van der Waals surface area contributed by atoms with Crippen LogP contribution in [0, 0.1) is 11.2 Å². The van der Waals surface area contributed by atoms with Crippen LogP contribution >= 0.6 is 11.6 Å². The zero-order valence-corrected chi connectivity index (χ0v) is 9.48. The molecule has 15 heavy (non-hydrogen) atoms. The number of amidine groups is 1. The molecule has 0 aliphatic heterocycles. The van der Waals surface area contributed by atoms with E-state index in [0.717, 1.165) is 0 Å². The van der Waals surface area contributed by atoms with Crippen LogP contribution < -0.4 is 5.73 Å². The monoisotopic (exact) mass is 228 g/mol. The molecule has 1 rings (SSSR count). The molecule has 0 amide bonds. The van der Waals surface area contributed by atoms with Gasteiger partial charge in [-0.3, -0.25) is 5.41 Å². The number of nitrogens with two attached hydrogens (primary N) is 1. The Labute approximate surface area is 93.8 Å². The Morgan fingerprint density at radius 2 is 2.00 bits per heavy atom. The van der Waals surface area contributed by atoms with Crippen molar-refractivity contribution in [3.63, 3.8) is 0 Å². The van der Waals surface area contributed by atoms with Crippen LogP contribution in [-0.4, -0.2) is 11.2 Å². The van der Waals surface area contributed by atoms with E-state index in [0.29, 0.717) is 5.56 Å². The van der Waals surface area contributed by atoms with Crippen molar-refractivity contribution < 1.29 is 4.39 Å². The zero-order chi connectivity index (χ0) is 11.6. The fourth-order valence-electron chi connectivity index (χ4n) is 1.51. The second kappa shape index (κ2) is 4.19. The van der Waals surface area contributed by atoms with Crippen LogP contribution in [0.4, 0.5) is 4.39 Å². The van der Waals surface area contributed by atoms with Gasteiger partial charge in [0.05, 0.1) is 5.38 Å². The smallest absolute Gasteiger partial charge is 0.127 e. The summed E-state index contributed by atoms with van der Waals surface area (Å²) in [6, 6.07) is 6.39. The molecule has 82 valence electrons. The second-order valence-electron chi connectivity index (χ2n) is 4.02. The molecule has 0 saturated carbocycles. The van der Waals surface area contributed by atoms with E-state index in [4.69, 9.17) is 22.7 Å². The maximum Gasteiger partial charge on any atom is 0.127 e. The van der Waals surface area contributed by atoms with Gasteiger partial charge in [0.25, 0.3) is 0 Å². The minimum absolute atomic E-state index is 0.148. The Morgan fingerprint density at radius 3 is 2.47 bits per heavy atom. The van der Waals surface area contributed by atoms with E-state index in [1.807, 2.05) is 0 Å². The van der Waals surface area contributed by atoms with Gasteiger partial charge in [-0.2, -0.15) is 0 Å². The molecule has 1 unspecified atom stereocenters. The topological polar surface area (TPSA) is 49.9 Å². The van der Waals surface area contributed by atoms with E-state index in [1.54, 1.807) is 32.0 Å². The van der Waals surface area contributed by atoms with Gasteiger partial charge in [-0.1, -0.05) is 32.0 Å². The van der Waals surface area contributed by atoms with E-state index in [-0.39, 0.29) is 11.7 Å². The molecule has 4 heteroatoms. The third-order valence-electron chi connectivity index (χ3n) is 2.47. The van der Waals surface area contributed by atoms with E-state index in [2.05, 4.69) is 0 Å². The van der Waals surface area contributed by atoms with Gasteiger partial charge >= 0.3 is 0 Å². The Morgan fingerprint density at radius 1 is 1.47 bits per heavy atom. The van der Waals surface area contributed by atoms with Crippen LogP contribution in [0.5, 0.6) is 0 Å². The van der Waals surface area contributed by atoms with Crippen LogP contribution in [0.2, 0.25) is 0 Å². The average Bonchev–Trinajstić information content (AvgIpc) is 2.16. The zero-order valence-electron chi connectivity index (χ0n) is 8.72. The second-order valence-corrected chi connectivity index (χ2v) is 4.46. The van der Waals surface area contributed by atoms with Crippen LogP contribution in [0.3, 0.4) is 0 Å². The van der Waals surface area contributed by atoms with Crippen molar-refractivity contribution in [1.82, 2.24) is 0 Å². The lowest BCUT2D eigenvalue weighted by atomic mass is 9.80. The van der Waals surface area contributed by atoms with E-state index in [9.17, 15) is 4.39 Å². The highest BCUT2D eigenvalue weighted by Gasteiger charge is 2.33. The summed E-state index contributed by atoms with van der Waals surface area (Å²) in [6.45, 7) is 3.54. The first-order chi connectivity index (χ1) is 6.87. The molecule has 0 aliphatic rings. The van der Waals surface area contributed by atoms with Gasteiger partial charge < -0.3 is 5.73 Å². The summed E-state index contributed by atoms with van der Waals surface area (Å²) < 4.78 is 13.5. The summed E-state index contributed by atoms with van der Waals surface area (Å²) in [5.74, 6) is -0.473. The van der Waals surface area contributed by atoms with Gasteiger partial charge in [-0.05, 0) is 11.6 Å². The molecule has 1 aromatic carbocycles. The Hall–Kier alpha value is -1.09. The normalized spacial score (nSPS) is 13.6. The van der Waals surface area contributed by atoms with Crippen molar-refractivity contribution in [2.45, 2.75) is 24.6 Å². The minimum Gasteiger partial charge on any atom is -0.386 e. The molecule has 0 fully saturated rings. The predicted molar refractivity (Wildman–Crippen MR) is 61.0 cm³/mol. The van der Waals surface area contributed by atoms with Crippen molar-refractivity contribution in [2.75, 3.05) is 0 Å². The summed E-state index contributed by atoms with van der Waals surface area (Å²) in [5, 5.41) is 6.59. The van der Waals surface area contributed by atoms with E-state index in [1.165, 1.54) is 6.07 Å². The first-order valence-corrected chi connectivity index (χ1v) is 5.04. The van der Waals surface area contributed by atoms with Gasteiger partial charge in [0.15, 0.2) is 0 Å². The molecule has 0 radical (unpaired) electrons. The van der Waals surface area contributed by atoms with Crippen LogP contribution in [0.15, 0.2) is 24.3 Å². The first kappa shape index (κ1) is 12.0. The highest BCUT2D eigenvalue weighted by atomic mass is 35.5. The third kappa shape index (κ3) is 2.29. The Bertz CT molecular complexity index is 377. The standard InChI is InChI=1S/C11H14ClFN2/c1-11(2,9(12)10(14)15)7-5-3-4-6-8(7)13/h3-6,9H,1-2H3,(H3,14,15). The van der Waals surface area contributed by atoms with Gasteiger partial charge in [-0.25, -0.2) is 4.39 Å². The highest BCUT2D eigenvalue weighted by molar-refractivity contribution is 6.32. The molecule has 0 aliphatic carbocycles. The summed E-state index contributed by atoms with van der Waals surface area (Å²) in [7, 11) is 0. The summed E-state index contributed by atoms with van der Waals surface area (Å²) in [5.41, 5.74) is 5.12. The lowest BCUT2D eigenvalue weighted by molar-refractivity contribution is 0.501. The third-order valence-corrected chi connectivity index (χ3v) is 3.26. The molecule has 0 bridgehead atoms. The molecule has 3 N–H and O–H groups in total. The summed E-state index contributed by atoms with van der Waals surface area (Å²) in [6.07, 6.45) is 0. The molecule has 0 spiro atoms. The number of alkyl halides is 1. The first-order valence-electron chi connectivity index (χ1n) is 4.60. The summed E-state index contributed by atoms with van der Waals surface area (Å²) in [4.78, 5) is 0. The molecular formula is C11H14ClFN2. The SMILES string of the molecule is CC(C)(c1ccccc1F)C(Cl)C(=N)N. The molecular weight excluding hydrogens is 215 g/mol. The quantitative estimate of drug-likeness (QED) is 0.467. The predicted octanol–water partition coefficient (Wildman–Crippen LogP) is 2.65. The maximum atomic E-state index is 13.5. The van der Waals surface area contributed by atoms with Gasteiger partial charge in [-0.15, -0.1) is 11.6 Å². The fraction of sp³-hybridized carbons (Fsp3) is 0.364. The lowest BCUT2D eigenvalue weighted by Gasteiger charge is -2.30. The van der Waals surface area contributed by atoms with Gasteiger partial charge in [0.1, 0.15) is 11.7 Å². The molecule has 0 aromatic heterocycles. The Kier molecular flexibility index (Phi) is 3.35. The van der Waals surface area contributed by atoms with Gasteiger partial charge in [0.2, 0.25) is 0 Å². The maximum absolute atomic E-state index is 13.5.